The van der Waals surface area contributed by atoms with Crippen molar-refractivity contribution < 1.29 is 5.11 Å². The van der Waals surface area contributed by atoms with E-state index in [4.69, 9.17) is 0 Å². The second-order valence-corrected chi connectivity index (χ2v) is 6.58. The van der Waals surface area contributed by atoms with Crippen LogP contribution < -0.4 is 0 Å². The van der Waals surface area contributed by atoms with Crippen LogP contribution in [-0.2, 0) is 26.6 Å². The van der Waals surface area contributed by atoms with Crippen LogP contribution in [0.3, 0.4) is 0 Å². The molecule has 130 valence electrons. The second kappa shape index (κ2) is 6.82. The molecule has 0 saturated carbocycles. The van der Waals surface area contributed by atoms with Gasteiger partial charge in [-0.3, -0.25) is 14.3 Å². The molecule has 4 rings (SSSR count). The quantitative estimate of drug-likeness (QED) is 0.771. The van der Waals surface area contributed by atoms with Gasteiger partial charge in [0.1, 0.15) is 6.10 Å². The van der Waals surface area contributed by atoms with Crippen LogP contribution in [0.2, 0.25) is 0 Å². The molecular formula is C19H23N5O. The fourth-order valence-corrected chi connectivity index (χ4v) is 3.40. The number of aromatic nitrogens is 4. The Hall–Kier alpha value is -2.44. The Bertz CT molecular complexity index is 839. The topological polar surface area (TPSA) is 59.1 Å². The molecule has 0 saturated heterocycles. The molecule has 1 atom stereocenters. The van der Waals surface area contributed by atoms with Crippen LogP contribution in [0, 0.1) is 0 Å². The highest BCUT2D eigenvalue weighted by Crippen LogP contribution is 2.23. The molecule has 25 heavy (non-hydrogen) atoms. The summed E-state index contributed by atoms with van der Waals surface area (Å²) < 4.78 is 3.71. The van der Waals surface area contributed by atoms with Gasteiger partial charge in [0.05, 0.1) is 23.6 Å². The maximum absolute atomic E-state index is 10.6. The zero-order chi connectivity index (χ0) is 17.2. The monoisotopic (exact) mass is 337 g/mol. The summed E-state index contributed by atoms with van der Waals surface area (Å²) in [5, 5.41) is 19.3. The average molecular weight is 337 g/mol. The Labute approximate surface area is 147 Å². The lowest BCUT2D eigenvalue weighted by Gasteiger charge is -2.27. The van der Waals surface area contributed by atoms with E-state index < -0.39 is 6.10 Å². The van der Waals surface area contributed by atoms with E-state index in [0.29, 0.717) is 5.69 Å². The van der Waals surface area contributed by atoms with Crippen LogP contribution in [0.5, 0.6) is 0 Å². The van der Waals surface area contributed by atoms with Crippen LogP contribution in [0.1, 0.15) is 28.7 Å². The van der Waals surface area contributed by atoms with Gasteiger partial charge in [0.15, 0.2) is 0 Å². The number of aliphatic hydroxyl groups is 1. The molecule has 0 fully saturated rings. The van der Waals surface area contributed by atoms with Crippen molar-refractivity contribution in [1.29, 1.82) is 0 Å². The number of rotatable bonds is 5. The van der Waals surface area contributed by atoms with Gasteiger partial charge >= 0.3 is 0 Å². The lowest BCUT2D eigenvalue weighted by molar-refractivity contribution is 0.199. The van der Waals surface area contributed by atoms with Crippen LogP contribution in [0.15, 0.2) is 48.7 Å². The fourth-order valence-electron chi connectivity index (χ4n) is 3.40. The molecule has 3 heterocycles. The van der Waals surface area contributed by atoms with Gasteiger partial charge in [-0.15, -0.1) is 0 Å². The summed E-state index contributed by atoms with van der Waals surface area (Å²) in [4.78, 5) is 2.45. The zero-order valence-electron chi connectivity index (χ0n) is 14.4. The Kier molecular flexibility index (Phi) is 4.38. The molecule has 3 aromatic rings. The van der Waals surface area contributed by atoms with E-state index in [1.807, 2.05) is 23.9 Å². The van der Waals surface area contributed by atoms with Crippen LogP contribution in [0.25, 0.3) is 0 Å². The SMILES string of the molecule is Cn1nccc1[C@H](O)c1cc2n(n1)CCN(CCc1ccccc1)C2. The largest absolute Gasteiger partial charge is 0.380 e. The normalized spacial score (nSPS) is 15.9. The molecule has 1 aliphatic heterocycles. The van der Waals surface area contributed by atoms with E-state index in [-0.39, 0.29) is 0 Å². The first-order chi connectivity index (χ1) is 12.2. The lowest BCUT2D eigenvalue weighted by atomic mass is 10.1. The third-order valence-electron chi connectivity index (χ3n) is 4.87. The van der Waals surface area contributed by atoms with E-state index in [1.165, 1.54) is 5.56 Å². The van der Waals surface area contributed by atoms with E-state index in [1.54, 1.807) is 10.9 Å². The molecule has 0 unspecified atom stereocenters. The molecule has 6 nitrogen and oxygen atoms in total. The number of hydrogen-bond acceptors (Lipinski definition) is 4. The lowest BCUT2D eigenvalue weighted by Crippen LogP contribution is -2.35. The number of nitrogens with zero attached hydrogens (tertiary/aromatic N) is 5. The average Bonchev–Trinajstić information content (AvgIpc) is 3.26. The first kappa shape index (κ1) is 16.1. The molecule has 0 bridgehead atoms. The van der Waals surface area contributed by atoms with Crippen molar-refractivity contribution >= 4 is 0 Å². The Morgan fingerprint density at radius 3 is 2.76 bits per heavy atom. The molecule has 0 amide bonds. The highest BCUT2D eigenvalue weighted by Gasteiger charge is 2.23. The van der Waals surface area contributed by atoms with Gasteiger partial charge in [0, 0.05) is 32.9 Å². The number of aliphatic hydroxyl groups excluding tert-OH is 1. The minimum Gasteiger partial charge on any atom is -0.380 e. The summed E-state index contributed by atoms with van der Waals surface area (Å²) in [6.45, 7) is 3.76. The smallest absolute Gasteiger partial charge is 0.139 e. The summed E-state index contributed by atoms with van der Waals surface area (Å²) in [7, 11) is 1.83. The summed E-state index contributed by atoms with van der Waals surface area (Å²) in [6.07, 6.45) is 2.02. The van der Waals surface area contributed by atoms with Gasteiger partial charge in [-0.2, -0.15) is 10.2 Å². The standard InChI is InChI=1S/C19H23N5O/c1-22-18(7-9-20-22)19(25)17-13-16-14-23(11-12-24(16)21-17)10-8-15-5-3-2-4-6-15/h2-7,9,13,19,25H,8,10-12,14H2,1H3/t19-/m1/s1. The number of fused-ring (bicyclic) bond motifs is 1. The summed E-state index contributed by atoms with van der Waals surface area (Å²) in [5.74, 6) is 0. The molecule has 6 heteroatoms. The zero-order valence-corrected chi connectivity index (χ0v) is 14.4. The summed E-state index contributed by atoms with van der Waals surface area (Å²) in [6, 6.07) is 14.4. The first-order valence-corrected chi connectivity index (χ1v) is 8.69. The van der Waals surface area contributed by atoms with Gasteiger partial charge in [-0.05, 0) is 24.1 Å². The molecule has 1 aromatic carbocycles. The summed E-state index contributed by atoms with van der Waals surface area (Å²) in [5.41, 5.74) is 3.99. The van der Waals surface area contributed by atoms with Crippen molar-refractivity contribution in [2.24, 2.45) is 7.05 Å². The van der Waals surface area contributed by atoms with Crippen molar-refractivity contribution in [3.05, 3.63) is 71.3 Å². The highest BCUT2D eigenvalue weighted by atomic mass is 16.3. The first-order valence-electron chi connectivity index (χ1n) is 8.69. The number of hydrogen-bond donors (Lipinski definition) is 1. The summed E-state index contributed by atoms with van der Waals surface area (Å²) >= 11 is 0. The molecule has 1 aliphatic rings. The Morgan fingerprint density at radius 2 is 2.00 bits per heavy atom. The van der Waals surface area contributed by atoms with E-state index in [9.17, 15) is 5.11 Å². The van der Waals surface area contributed by atoms with Crippen molar-refractivity contribution in [2.75, 3.05) is 13.1 Å². The van der Waals surface area contributed by atoms with Crippen molar-refractivity contribution in [2.45, 2.75) is 25.6 Å². The van der Waals surface area contributed by atoms with Crippen molar-refractivity contribution in [3.63, 3.8) is 0 Å². The Balaban J connectivity index is 1.43. The van der Waals surface area contributed by atoms with E-state index in [0.717, 1.165) is 44.0 Å². The predicted molar refractivity (Wildman–Crippen MR) is 94.9 cm³/mol. The number of aryl methyl sites for hydroxylation is 1. The van der Waals surface area contributed by atoms with Gasteiger partial charge in [-0.25, -0.2) is 0 Å². The van der Waals surface area contributed by atoms with Gasteiger partial charge < -0.3 is 5.11 Å². The van der Waals surface area contributed by atoms with Gasteiger partial charge in [0.2, 0.25) is 0 Å². The van der Waals surface area contributed by atoms with Crippen molar-refractivity contribution in [3.8, 4) is 0 Å². The number of benzene rings is 1. The highest BCUT2D eigenvalue weighted by molar-refractivity contribution is 5.22. The van der Waals surface area contributed by atoms with Crippen LogP contribution >= 0.6 is 0 Å². The van der Waals surface area contributed by atoms with E-state index in [2.05, 4.69) is 45.4 Å². The fraction of sp³-hybridized carbons (Fsp3) is 0.368. The second-order valence-electron chi connectivity index (χ2n) is 6.58. The molecule has 1 N–H and O–H groups in total. The molecule has 2 aromatic heterocycles. The predicted octanol–water partition coefficient (Wildman–Crippen LogP) is 1.76. The Morgan fingerprint density at radius 1 is 1.16 bits per heavy atom. The minimum atomic E-state index is -0.733. The van der Waals surface area contributed by atoms with Crippen LogP contribution in [0.4, 0.5) is 0 Å². The third kappa shape index (κ3) is 3.36. The molecule has 0 aliphatic carbocycles. The van der Waals surface area contributed by atoms with E-state index >= 15 is 0 Å². The maximum atomic E-state index is 10.6. The van der Waals surface area contributed by atoms with Crippen molar-refractivity contribution in [1.82, 2.24) is 24.5 Å². The van der Waals surface area contributed by atoms with Gasteiger partial charge in [-0.1, -0.05) is 30.3 Å². The minimum absolute atomic E-state index is 0.698. The molecular weight excluding hydrogens is 314 g/mol. The van der Waals surface area contributed by atoms with Crippen LogP contribution in [-0.4, -0.2) is 42.7 Å². The third-order valence-corrected chi connectivity index (χ3v) is 4.87. The van der Waals surface area contributed by atoms with Gasteiger partial charge in [0.25, 0.3) is 0 Å². The maximum Gasteiger partial charge on any atom is 0.139 e. The molecule has 0 spiro atoms. The molecule has 0 radical (unpaired) electrons.